The molecule has 1 amide bonds. The van der Waals surface area contributed by atoms with Crippen molar-refractivity contribution in [1.29, 1.82) is 0 Å². The van der Waals surface area contributed by atoms with Crippen molar-refractivity contribution in [3.8, 4) is 5.69 Å². The highest BCUT2D eigenvalue weighted by molar-refractivity contribution is 8.00. The Bertz CT molecular complexity index is 885. The van der Waals surface area contributed by atoms with Crippen molar-refractivity contribution in [1.82, 2.24) is 25.0 Å². The van der Waals surface area contributed by atoms with Gasteiger partial charge in [-0.15, -0.1) is 10.2 Å². The molecule has 1 aromatic heterocycles. The van der Waals surface area contributed by atoms with Gasteiger partial charge in [0.25, 0.3) is 0 Å². The standard InChI is InChI=1S/C23H34FN5OS/c1-14-8-7-9-20(15(14)2)25-22(30)17(4)31-23-27-26-21(16(3)28(5)6)29(23)19-12-10-18(24)11-13-19/h10-17,20H,7-9H2,1-6H3,(H,25,30)/t14-,15+,16-,17-,20-/m1/s1. The molecule has 0 radical (unpaired) electrons. The zero-order valence-electron chi connectivity index (χ0n) is 19.3. The van der Waals surface area contributed by atoms with Crippen LogP contribution in [0.2, 0.25) is 0 Å². The van der Waals surface area contributed by atoms with E-state index in [1.807, 2.05) is 37.4 Å². The molecule has 0 bridgehead atoms. The van der Waals surface area contributed by atoms with E-state index in [9.17, 15) is 9.18 Å². The second-order valence-corrected chi connectivity index (χ2v) is 10.2. The van der Waals surface area contributed by atoms with Crippen LogP contribution in [0.5, 0.6) is 0 Å². The van der Waals surface area contributed by atoms with Crippen molar-refractivity contribution >= 4 is 17.7 Å². The summed E-state index contributed by atoms with van der Waals surface area (Å²) in [5, 5.41) is 12.4. The molecule has 6 nitrogen and oxygen atoms in total. The smallest absolute Gasteiger partial charge is 0.233 e. The largest absolute Gasteiger partial charge is 0.352 e. The molecule has 1 saturated carbocycles. The average molecular weight is 448 g/mol. The van der Waals surface area contributed by atoms with E-state index in [4.69, 9.17) is 0 Å². The Morgan fingerprint density at radius 1 is 1.19 bits per heavy atom. The zero-order chi connectivity index (χ0) is 22.7. The number of carbonyl (C=O) groups is 1. The zero-order valence-corrected chi connectivity index (χ0v) is 20.1. The van der Waals surface area contributed by atoms with E-state index in [0.717, 1.165) is 24.4 Å². The molecule has 1 N–H and O–H groups in total. The summed E-state index contributed by atoms with van der Waals surface area (Å²) in [7, 11) is 3.95. The molecule has 5 atom stereocenters. The van der Waals surface area contributed by atoms with Crippen LogP contribution < -0.4 is 5.32 Å². The van der Waals surface area contributed by atoms with Crippen molar-refractivity contribution in [2.45, 2.75) is 69.4 Å². The summed E-state index contributed by atoms with van der Waals surface area (Å²) < 4.78 is 15.4. The summed E-state index contributed by atoms with van der Waals surface area (Å²) in [5.41, 5.74) is 0.778. The number of nitrogens with zero attached hydrogens (tertiary/aromatic N) is 4. The summed E-state index contributed by atoms with van der Waals surface area (Å²) in [6.45, 7) is 8.43. The minimum atomic E-state index is -0.324. The van der Waals surface area contributed by atoms with Gasteiger partial charge in [-0.25, -0.2) is 4.39 Å². The lowest BCUT2D eigenvalue weighted by molar-refractivity contribution is -0.121. The van der Waals surface area contributed by atoms with Crippen molar-refractivity contribution in [3.63, 3.8) is 0 Å². The third-order valence-corrected chi connectivity index (χ3v) is 7.62. The maximum absolute atomic E-state index is 13.5. The first-order chi connectivity index (χ1) is 14.7. The topological polar surface area (TPSA) is 63.1 Å². The molecule has 31 heavy (non-hydrogen) atoms. The van der Waals surface area contributed by atoms with Crippen molar-refractivity contribution in [3.05, 3.63) is 35.9 Å². The summed E-state index contributed by atoms with van der Waals surface area (Å²) in [4.78, 5) is 15.0. The molecule has 8 heteroatoms. The first kappa shape index (κ1) is 23.7. The van der Waals surface area contributed by atoms with Gasteiger partial charge < -0.3 is 5.32 Å². The molecule has 0 aliphatic heterocycles. The van der Waals surface area contributed by atoms with Gasteiger partial charge in [-0.05, 0) is 70.5 Å². The fourth-order valence-corrected chi connectivity index (χ4v) is 4.87. The highest BCUT2D eigenvalue weighted by atomic mass is 32.2. The SMILES string of the molecule is C[C@H]1[C@H](C)CCC[C@H]1NC(=O)[C@@H](C)Sc1nnc([C@@H](C)N(C)C)n1-c1ccc(F)cc1. The Morgan fingerprint density at radius 3 is 2.52 bits per heavy atom. The number of halogens is 1. The fourth-order valence-electron chi connectivity index (χ4n) is 3.99. The van der Waals surface area contributed by atoms with E-state index in [1.165, 1.54) is 30.3 Å². The first-order valence-corrected chi connectivity index (χ1v) is 11.9. The van der Waals surface area contributed by atoms with Gasteiger partial charge in [0.05, 0.1) is 11.3 Å². The highest BCUT2D eigenvalue weighted by Crippen LogP contribution is 2.32. The normalized spacial score (nSPS) is 23.5. The maximum atomic E-state index is 13.5. The molecule has 2 aromatic rings. The van der Waals surface area contributed by atoms with Crippen LogP contribution in [0.25, 0.3) is 5.69 Å². The Kier molecular flexibility index (Phi) is 7.75. The van der Waals surface area contributed by atoms with Gasteiger partial charge >= 0.3 is 0 Å². The van der Waals surface area contributed by atoms with Gasteiger partial charge in [-0.1, -0.05) is 38.5 Å². The number of aromatic nitrogens is 3. The summed E-state index contributed by atoms with van der Waals surface area (Å²) in [5.74, 6) is 1.58. The predicted octanol–water partition coefficient (Wildman–Crippen LogP) is 4.45. The molecular weight excluding hydrogens is 413 g/mol. The van der Waals surface area contributed by atoms with E-state index in [1.54, 1.807) is 12.1 Å². The number of benzene rings is 1. The van der Waals surface area contributed by atoms with E-state index >= 15 is 0 Å². The van der Waals surface area contributed by atoms with E-state index < -0.39 is 0 Å². The summed E-state index contributed by atoms with van der Waals surface area (Å²) in [6.07, 6.45) is 3.42. The number of rotatable bonds is 7. The van der Waals surface area contributed by atoms with Gasteiger partial charge in [0.2, 0.25) is 5.91 Å². The van der Waals surface area contributed by atoms with Crippen LogP contribution in [-0.2, 0) is 4.79 Å². The molecular formula is C23H34FN5OS. The fraction of sp³-hybridized carbons (Fsp3) is 0.609. The lowest BCUT2D eigenvalue weighted by Gasteiger charge is -2.35. The third kappa shape index (κ3) is 5.47. The number of carbonyl (C=O) groups excluding carboxylic acids is 1. The maximum Gasteiger partial charge on any atom is 0.233 e. The number of hydrogen-bond acceptors (Lipinski definition) is 5. The molecule has 1 aromatic carbocycles. The number of thioether (sulfide) groups is 1. The second-order valence-electron chi connectivity index (χ2n) is 8.93. The number of amides is 1. The predicted molar refractivity (Wildman–Crippen MR) is 123 cm³/mol. The van der Waals surface area contributed by atoms with Crippen LogP contribution in [-0.4, -0.2) is 51.0 Å². The van der Waals surface area contributed by atoms with Gasteiger partial charge in [0.15, 0.2) is 11.0 Å². The monoisotopic (exact) mass is 447 g/mol. The van der Waals surface area contributed by atoms with Gasteiger partial charge in [0, 0.05) is 11.7 Å². The lowest BCUT2D eigenvalue weighted by Crippen LogP contribution is -2.46. The van der Waals surface area contributed by atoms with Gasteiger partial charge in [-0.3, -0.25) is 14.3 Å². The first-order valence-electron chi connectivity index (χ1n) is 11.0. The van der Waals surface area contributed by atoms with Crippen molar-refractivity contribution in [2.24, 2.45) is 11.8 Å². The second kappa shape index (κ2) is 10.1. The minimum Gasteiger partial charge on any atom is -0.352 e. The molecule has 1 heterocycles. The number of nitrogens with one attached hydrogen (secondary N) is 1. The van der Waals surface area contributed by atoms with E-state index in [0.29, 0.717) is 17.0 Å². The molecule has 3 rings (SSSR count). The van der Waals surface area contributed by atoms with Crippen LogP contribution in [0, 0.1) is 17.7 Å². The van der Waals surface area contributed by atoms with Crippen molar-refractivity contribution in [2.75, 3.05) is 14.1 Å². The Hall–Kier alpha value is -1.93. The van der Waals surface area contributed by atoms with Crippen LogP contribution in [0.1, 0.15) is 58.8 Å². The number of hydrogen-bond donors (Lipinski definition) is 1. The molecule has 0 unspecified atom stereocenters. The van der Waals surface area contributed by atoms with Crippen LogP contribution in [0.15, 0.2) is 29.4 Å². The molecule has 0 spiro atoms. The van der Waals surface area contributed by atoms with Gasteiger partial charge in [0.1, 0.15) is 5.82 Å². The van der Waals surface area contributed by atoms with Crippen LogP contribution in [0.4, 0.5) is 4.39 Å². The van der Waals surface area contributed by atoms with E-state index in [-0.39, 0.29) is 29.1 Å². The molecule has 0 saturated heterocycles. The lowest BCUT2D eigenvalue weighted by atomic mass is 9.78. The third-order valence-electron chi connectivity index (χ3n) is 6.58. The minimum absolute atomic E-state index is 0.000566. The summed E-state index contributed by atoms with van der Waals surface area (Å²) in [6, 6.07) is 6.50. The Labute approximate surface area is 189 Å². The highest BCUT2D eigenvalue weighted by Gasteiger charge is 2.30. The van der Waals surface area contributed by atoms with Crippen LogP contribution in [0.3, 0.4) is 0 Å². The Balaban J connectivity index is 1.81. The molecule has 1 fully saturated rings. The van der Waals surface area contributed by atoms with E-state index in [2.05, 4.69) is 29.4 Å². The summed E-state index contributed by atoms with van der Waals surface area (Å²) >= 11 is 1.38. The molecule has 1 aliphatic rings. The Morgan fingerprint density at radius 2 is 1.87 bits per heavy atom. The molecule has 1 aliphatic carbocycles. The quantitative estimate of drug-likeness (QED) is 0.636. The molecule has 170 valence electrons. The van der Waals surface area contributed by atoms with Crippen molar-refractivity contribution < 1.29 is 9.18 Å². The average Bonchev–Trinajstić information content (AvgIpc) is 3.14. The van der Waals surface area contributed by atoms with Crippen LogP contribution >= 0.6 is 11.8 Å². The van der Waals surface area contributed by atoms with Gasteiger partial charge in [-0.2, -0.15) is 0 Å².